The molecule has 1 aromatic rings. The third-order valence-electron chi connectivity index (χ3n) is 4.45. The van der Waals surface area contributed by atoms with Crippen molar-refractivity contribution in [1.82, 2.24) is 9.80 Å². The fraction of sp³-hybridized carbons (Fsp3) is 0.625. The van der Waals surface area contributed by atoms with Gasteiger partial charge in [0.15, 0.2) is 0 Å². The average Bonchev–Trinajstić information content (AvgIpc) is 2.43. The minimum absolute atomic E-state index is 0.180. The molecular weight excluding hydrogens is 314 g/mol. The largest absolute Gasteiger partial charge is 0.326 e. The SMILES string of the molecule is CCC(N)C(c1cccc(Br)c1)N1CCN(C)C(C)C1. The van der Waals surface area contributed by atoms with Crippen molar-refractivity contribution >= 4 is 15.9 Å². The van der Waals surface area contributed by atoms with Gasteiger partial charge in [-0.3, -0.25) is 4.90 Å². The van der Waals surface area contributed by atoms with Crippen LogP contribution >= 0.6 is 15.9 Å². The summed E-state index contributed by atoms with van der Waals surface area (Å²) in [6.45, 7) is 7.76. The number of benzene rings is 1. The van der Waals surface area contributed by atoms with E-state index in [9.17, 15) is 0 Å². The second kappa shape index (κ2) is 7.03. The Morgan fingerprint density at radius 2 is 2.15 bits per heavy atom. The molecule has 0 aliphatic carbocycles. The number of rotatable bonds is 4. The van der Waals surface area contributed by atoms with Gasteiger partial charge in [-0.1, -0.05) is 35.0 Å². The van der Waals surface area contributed by atoms with Gasteiger partial charge in [0, 0.05) is 36.2 Å². The summed E-state index contributed by atoms with van der Waals surface area (Å²) in [6.07, 6.45) is 0.998. The first kappa shape index (κ1) is 16.0. The molecule has 1 aliphatic rings. The lowest BCUT2D eigenvalue weighted by atomic mass is 9.95. The van der Waals surface area contributed by atoms with Crippen molar-refractivity contribution in [2.45, 2.75) is 38.4 Å². The summed E-state index contributed by atoms with van der Waals surface area (Å²) in [5.41, 5.74) is 7.76. The summed E-state index contributed by atoms with van der Waals surface area (Å²) < 4.78 is 1.13. The normalized spacial score (nSPS) is 24.6. The predicted octanol–water partition coefficient (Wildman–Crippen LogP) is 2.86. The van der Waals surface area contributed by atoms with Gasteiger partial charge in [-0.05, 0) is 38.1 Å². The molecule has 0 aromatic heterocycles. The minimum Gasteiger partial charge on any atom is -0.326 e. The van der Waals surface area contributed by atoms with Gasteiger partial charge < -0.3 is 10.6 Å². The molecule has 3 atom stereocenters. The van der Waals surface area contributed by atoms with Crippen molar-refractivity contribution in [3.8, 4) is 0 Å². The van der Waals surface area contributed by atoms with E-state index in [1.165, 1.54) is 5.56 Å². The van der Waals surface area contributed by atoms with E-state index in [1.807, 2.05) is 0 Å². The van der Waals surface area contributed by atoms with Gasteiger partial charge in [-0.25, -0.2) is 0 Å². The van der Waals surface area contributed by atoms with E-state index in [4.69, 9.17) is 5.73 Å². The van der Waals surface area contributed by atoms with Crippen LogP contribution in [-0.2, 0) is 0 Å². The van der Waals surface area contributed by atoms with E-state index in [2.05, 4.69) is 70.9 Å². The van der Waals surface area contributed by atoms with Crippen molar-refractivity contribution in [2.75, 3.05) is 26.7 Å². The van der Waals surface area contributed by atoms with E-state index in [-0.39, 0.29) is 6.04 Å². The molecule has 112 valence electrons. The van der Waals surface area contributed by atoms with Gasteiger partial charge >= 0.3 is 0 Å². The first-order valence-electron chi connectivity index (χ1n) is 7.48. The third-order valence-corrected chi connectivity index (χ3v) is 4.94. The number of hydrogen-bond acceptors (Lipinski definition) is 3. The molecule has 1 aromatic carbocycles. The number of nitrogens with zero attached hydrogens (tertiary/aromatic N) is 2. The van der Waals surface area contributed by atoms with Crippen LogP contribution in [-0.4, -0.2) is 48.6 Å². The highest BCUT2D eigenvalue weighted by molar-refractivity contribution is 9.10. The number of nitrogens with two attached hydrogens (primary N) is 1. The summed E-state index contributed by atoms with van der Waals surface area (Å²) in [5.74, 6) is 0. The van der Waals surface area contributed by atoms with Gasteiger partial charge in [0.25, 0.3) is 0 Å². The molecule has 3 nitrogen and oxygen atoms in total. The van der Waals surface area contributed by atoms with Crippen LogP contribution < -0.4 is 5.73 Å². The predicted molar refractivity (Wildman–Crippen MR) is 88.8 cm³/mol. The number of hydrogen-bond donors (Lipinski definition) is 1. The van der Waals surface area contributed by atoms with Crippen LogP contribution in [0.1, 0.15) is 31.9 Å². The highest BCUT2D eigenvalue weighted by atomic mass is 79.9. The van der Waals surface area contributed by atoms with Crippen molar-refractivity contribution in [2.24, 2.45) is 5.73 Å². The molecule has 1 saturated heterocycles. The van der Waals surface area contributed by atoms with Crippen molar-refractivity contribution < 1.29 is 0 Å². The molecule has 0 spiro atoms. The van der Waals surface area contributed by atoms with Gasteiger partial charge in [0.1, 0.15) is 0 Å². The Hall–Kier alpha value is -0.420. The highest BCUT2D eigenvalue weighted by Crippen LogP contribution is 2.29. The maximum atomic E-state index is 6.44. The van der Waals surface area contributed by atoms with E-state index in [0.29, 0.717) is 12.1 Å². The molecule has 1 heterocycles. The molecule has 2 rings (SSSR count). The first-order chi connectivity index (χ1) is 9.52. The second-order valence-corrected chi connectivity index (χ2v) is 6.81. The molecule has 20 heavy (non-hydrogen) atoms. The molecule has 0 saturated carbocycles. The van der Waals surface area contributed by atoms with Crippen molar-refractivity contribution in [3.05, 3.63) is 34.3 Å². The topological polar surface area (TPSA) is 32.5 Å². The van der Waals surface area contributed by atoms with E-state index < -0.39 is 0 Å². The van der Waals surface area contributed by atoms with Gasteiger partial charge in [0.2, 0.25) is 0 Å². The minimum atomic E-state index is 0.180. The molecule has 0 radical (unpaired) electrons. The number of likely N-dealkylation sites (N-methyl/N-ethyl adjacent to an activating group) is 1. The number of halogens is 1. The zero-order chi connectivity index (χ0) is 14.7. The Balaban J connectivity index is 2.24. The first-order valence-corrected chi connectivity index (χ1v) is 8.27. The van der Waals surface area contributed by atoms with Crippen LogP contribution in [0.4, 0.5) is 0 Å². The van der Waals surface area contributed by atoms with E-state index in [0.717, 1.165) is 30.5 Å². The molecule has 3 unspecified atom stereocenters. The standard InChI is InChI=1S/C16H26BrN3/c1-4-15(18)16(13-6-5-7-14(17)10-13)20-9-8-19(3)12(2)11-20/h5-7,10,12,15-16H,4,8-9,11,18H2,1-3H3. The number of piperazine rings is 1. The van der Waals surface area contributed by atoms with Crippen LogP contribution in [0.15, 0.2) is 28.7 Å². The summed E-state index contributed by atoms with van der Waals surface area (Å²) in [5, 5.41) is 0. The highest BCUT2D eigenvalue weighted by Gasteiger charge is 2.30. The summed E-state index contributed by atoms with van der Waals surface area (Å²) in [7, 11) is 2.20. The Kier molecular flexibility index (Phi) is 5.61. The molecule has 2 N–H and O–H groups in total. The van der Waals surface area contributed by atoms with Crippen LogP contribution in [0, 0.1) is 0 Å². The monoisotopic (exact) mass is 339 g/mol. The summed E-state index contributed by atoms with van der Waals surface area (Å²) in [4.78, 5) is 4.98. The smallest absolute Gasteiger partial charge is 0.0500 e. The molecule has 1 fully saturated rings. The quantitative estimate of drug-likeness (QED) is 0.915. The zero-order valence-corrected chi connectivity index (χ0v) is 14.3. The lowest BCUT2D eigenvalue weighted by molar-refractivity contribution is 0.0611. The van der Waals surface area contributed by atoms with Gasteiger partial charge in [0.05, 0.1) is 6.04 Å². The van der Waals surface area contributed by atoms with Crippen LogP contribution in [0.5, 0.6) is 0 Å². The Morgan fingerprint density at radius 1 is 1.40 bits per heavy atom. The average molecular weight is 340 g/mol. The molecular formula is C16H26BrN3. The lowest BCUT2D eigenvalue weighted by Gasteiger charge is -2.43. The van der Waals surface area contributed by atoms with Gasteiger partial charge in [-0.15, -0.1) is 0 Å². The Morgan fingerprint density at radius 3 is 2.75 bits per heavy atom. The fourth-order valence-corrected chi connectivity index (χ4v) is 3.39. The summed E-state index contributed by atoms with van der Waals surface area (Å²) in [6, 6.07) is 9.67. The molecule has 0 bridgehead atoms. The zero-order valence-electron chi connectivity index (χ0n) is 12.7. The van der Waals surface area contributed by atoms with Crippen LogP contribution in [0.3, 0.4) is 0 Å². The molecule has 1 aliphatic heterocycles. The third kappa shape index (κ3) is 3.61. The van der Waals surface area contributed by atoms with Gasteiger partial charge in [-0.2, -0.15) is 0 Å². The van der Waals surface area contributed by atoms with E-state index in [1.54, 1.807) is 0 Å². The summed E-state index contributed by atoms with van der Waals surface area (Å²) >= 11 is 3.58. The Bertz CT molecular complexity index is 437. The van der Waals surface area contributed by atoms with Crippen molar-refractivity contribution in [1.29, 1.82) is 0 Å². The van der Waals surface area contributed by atoms with Crippen LogP contribution in [0.25, 0.3) is 0 Å². The maximum Gasteiger partial charge on any atom is 0.0500 e. The van der Waals surface area contributed by atoms with Crippen molar-refractivity contribution in [3.63, 3.8) is 0 Å². The van der Waals surface area contributed by atoms with Crippen LogP contribution in [0.2, 0.25) is 0 Å². The Labute approximate surface area is 131 Å². The fourth-order valence-electron chi connectivity index (χ4n) is 2.97. The van der Waals surface area contributed by atoms with E-state index >= 15 is 0 Å². The maximum absolute atomic E-state index is 6.44. The molecule has 4 heteroatoms. The lowest BCUT2D eigenvalue weighted by Crippen LogP contribution is -2.54. The second-order valence-electron chi connectivity index (χ2n) is 5.90. The molecule has 0 amide bonds.